The van der Waals surface area contributed by atoms with Crippen molar-refractivity contribution >= 4 is 0 Å². The fourth-order valence-corrected chi connectivity index (χ4v) is 0.468. The van der Waals surface area contributed by atoms with Crippen molar-refractivity contribution in [3.63, 3.8) is 0 Å². The summed E-state index contributed by atoms with van der Waals surface area (Å²) in [5.74, 6) is 0. The van der Waals surface area contributed by atoms with E-state index in [0.717, 1.165) is 0 Å². The molecular weight excluding hydrogens is 104 g/mol. The minimum absolute atomic E-state index is 0.352. The first-order valence-corrected chi connectivity index (χ1v) is 2.37. The van der Waals surface area contributed by atoms with Gasteiger partial charge in [-0.3, -0.25) is 0 Å². The van der Waals surface area contributed by atoms with Crippen LogP contribution in [0.25, 0.3) is 0 Å². The minimum atomic E-state index is -0.352. The number of hydrogen-bond donors (Lipinski definition) is 0. The molecule has 0 heterocycles. The van der Waals surface area contributed by atoms with Gasteiger partial charge in [0.15, 0.2) is 6.29 Å². The summed E-state index contributed by atoms with van der Waals surface area (Å²) < 4.78 is 9.55. The maximum absolute atomic E-state index is 5.32. The summed E-state index contributed by atoms with van der Waals surface area (Å²) >= 11 is 0. The fourth-order valence-electron chi connectivity index (χ4n) is 0.468. The van der Waals surface area contributed by atoms with Crippen LogP contribution in [-0.2, 0) is 9.47 Å². The van der Waals surface area contributed by atoms with Crippen LogP contribution in [0.4, 0.5) is 0 Å². The van der Waals surface area contributed by atoms with Crippen LogP contribution in [0.3, 0.4) is 0 Å². The Morgan fingerprint density at radius 1 is 1.38 bits per heavy atom. The van der Waals surface area contributed by atoms with Crippen LogP contribution in [0.2, 0.25) is 0 Å². The van der Waals surface area contributed by atoms with Gasteiger partial charge >= 0.3 is 0 Å². The van der Waals surface area contributed by atoms with E-state index in [1.54, 1.807) is 21.1 Å². The highest BCUT2D eigenvalue weighted by atomic mass is 16.7. The number of rotatable bonds is 3. The Balaban J connectivity index is 3.52. The Labute approximate surface area is 50.1 Å². The van der Waals surface area contributed by atoms with Crippen LogP contribution in [-0.4, -0.2) is 20.5 Å². The molecule has 0 amide bonds. The van der Waals surface area contributed by atoms with E-state index in [2.05, 4.69) is 0 Å². The molecule has 0 unspecified atom stereocenters. The van der Waals surface area contributed by atoms with E-state index >= 15 is 0 Å². The molecule has 0 atom stereocenters. The van der Waals surface area contributed by atoms with Crippen LogP contribution in [0.15, 0.2) is 5.57 Å². The molecule has 0 aromatic rings. The van der Waals surface area contributed by atoms with Crippen LogP contribution in [0.5, 0.6) is 0 Å². The second kappa shape index (κ2) is 3.64. The molecule has 47 valence electrons. The van der Waals surface area contributed by atoms with Gasteiger partial charge < -0.3 is 9.47 Å². The average molecular weight is 115 g/mol. The zero-order valence-electron chi connectivity index (χ0n) is 5.47. The van der Waals surface area contributed by atoms with Crippen LogP contribution in [0.1, 0.15) is 6.92 Å². The maximum Gasteiger partial charge on any atom is 0.179 e. The SMILES string of the molecule is [CH]=C(C)C(OC)OC. The smallest absolute Gasteiger partial charge is 0.179 e. The summed E-state index contributed by atoms with van der Waals surface area (Å²) in [6.07, 6.45) is -0.352. The van der Waals surface area contributed by atoms with Gasteiger partial charge in [-0.1, -0.05) is 6.58 Å². The van der Waals surface area contributed by atoms with E-state index in [1.165, 1.54) is 0 Å². The van der Waals surface area contributed by atoms with E-state index in [-0.39, 0.29) is 6.29 Å². The molecule has 0 rings (SSSR count). The zero-order valence-corrected chi connectivity index (χ0v) is 5.47. The van der Waals surface area contributed by atoms with Crippen molar-refractivity contribution < 1.29 is 9.47 Å². The highest BCUT2D eigenvalue weighted by molar-refractivity contribution is 4.88. The standard InChI is InChI=1S/C6H11O2/c1-5(2)6(7-3)8-4/h1,6H,2-4H3. The predicted molar refractivity (Wildman–Crippen MR) is 31.3 cm³/mol. The molecule has 0 N–H and O–H groups in total. The molecule has 0 aliphatic rings. The quantitative estimate of drug-likeness (QED) is 0.510. The number of methoxy groups -OCH3 is 2. The number of hydrogen-bond acceptors (Lipinski definition) is 2. The third-order valence-corrected chi connectivity index (χ3v) is 0.800. The van der Waals surface area contributed by atoms with Gasteiger partial charge in [0.2, 0.25) is 0 Å². The van der Waals surface area contributed by atoms with Gasteiger partial charge in [0.05, 0.1) is 0 Å². The van der Waals surface area contributed by atoms with Crippen molar-refractivity contribution in [1.29, 1.82) is 0 Å². The van der Waals surface area contributed by atoms with E-state index in [9.17, 15) is 0 Å². The van der Waals surface area contributed by atoms with Crippen molar-refractivity contribution in [2.24, 2.45) is 0 Å². The molecule has 0 aromatic carbocycles. The Hall–Kier alpha value is -0.340. The number of ether oxygens (including phenoxy) is 2. The summed E-state index contributed by atoms with van der Waals surface area (Å²) in [5, 5.41) is 0. The first-order chi connectivity index (χ1) is 3.72. The van der Waals surface area contributed by atoms with Crippen molar-refractivity contribution in [3.8, 4) is 0 Å². The highest BCUT2D eigenvalue weighted by Crippen LogP contribution is 2.00. The molecule has 8 heavy (non-hydrogen) atoms. The topological polar surface area (TPSA) is 18.5 Å². The van der Waals surface area contributed by atoms with E-state index in [0.29, 0.717) is 5.57 Å². The summed E-state index contributed by atoms with van der Waals surface area (Å²) in [6.45, 7) is 7.07. The van der Waals surface area contributed by atoms with Gasteiger partial charge in [-0.2, -0.15) is 0 Å². The molecule has 0 aliphatic carbocycles. The van der Waals surface area contributed by atoms with Crippen LogP contribution < -0.4 is 0 Å². The van der Waals surface area contributed by atoms with Gasteiger partial charge in [-0.25, -0.2) is 0 Å². The minimum Gasteiger partial charge on any atom is -0.352 e. The molecule has 2 nitrogen and oxygen atoms in total. The molecule has 0 spiro atoms. The molecule has 0 aromatic heterocycles. The van der Waals surface area contributed by atoms with Gasteiger partial charge in [-0.15, -0.1) is 0 Å². The van der Waals surface area contributed by atoms with Crippen molar-refractivity contribution in [2.75, 3.05) is 14.2 Å². The molecule has 0 aliphatic heterocycles. The zero-order chi connectivity index (χ0) is 6.57. The normalized spacial score (nSPS) is 10.0. The van der Waals surface area contributed by atoms with Crippen molar-refractivity contribution in [2.45, 2.75) is 13.2 Å². The average Bonchev–Trinajstić information content (AvgIpc) is 1.69. The van der Waals surface area contributed by atoms with E-state index in [1.807, 2.05) is 0 Å². The molecule has 0 saturated heterocycles. The molecule has 1 radical (unpaired) electrons. The van der Waals surface area contributed by atoms with Crippen molar-refractivity contribution in [3.05, 3.63) is 12.2 Å². The summed E-state index contributed by atoms with van der Waals surface area (Å²) in [5.41, 5.74) is 0.634. The lowest BCUT2D eigenvalue weighted by molar-refractivity contribution is -0.0746. The van der Waals surface area contributed by atoms with Crippen molar-refractivity contribution in [1.82, 2.24) is 0 Å². The first kappa shape index (κ1) is 7.66. The van der Waals surface area contributed by atoms with Gasteiger partial charge in [0.25, 0.3) is 0 Å². The third-order valence-electron chi connectivity index (χ3n) is 0.800. The highest BCUT2D eigenvalue weighted by Gasteiger charge is 2.02. The van der Waals surface area contributed by atoms with Gasteiger partial charge in [0, 0.05) is 14.2 Å². The van der Waals surface area contributed by atoms with E-state index in [4.69, 9.17) is 16.1 Å². The summed E-state index contributed by atoms with van der Waals surface area (Å²) in [7, 11) is 3.09. The molecule has 0 fully saturated rings. The molecule has 0 saturated carbocycles. The predicted octanol–water partition coefficient (Wildman–Crippen LogP) is 0.985. The first-order valence-electron chi connectivity index (χ1n) is 2.37. The lowest BCUT2D eigenvalue weighted by Gasteiger charge is -2.11. The second-order valence-corrected chi connectivity index (χ2v) is 1.55. The molecule has 0 bridgehead atoms. The Morgan fingerprint density at radius 2 is 1.75 bits per heavy atom. The van der Waals surface area contributed by atoms with Gasteiger partial charge in [0.1, 0.15) is 0 Å². The molecule has 2 heteroatoms. The van der Waals surface area contributed by atoms with Crippen LogP contribution >= 0.6 is 0 Å². The fraction of sp³-hybridized carbons (Fsp3) is 0.667. The Bertz CT molecular complexity index is 74.6. The molecular formula is C6H11O2. The lowest BCUT2D eigenvalue weighted by atomic mass is 10.3. The maximum atomic E-state index is 5.32. The lowest BCUT2D eigenvalue weighted by Crippen LogP contribution is -2.12. The summed E-state index contributed by atoms with van der Waals surface area (Å²) in [4.78, 5) is 0. The van der Waals surface area contributed by atoms with Crippen LogP contribution in [0, 0.1) is 6.58 Å². The second-order valence-electron chi connectivity index (χ2n) is 1.55. The Morgan fingerprint density at radius 3 is 1.75 bits per heavy atom. The summed E-state index contributed by atoms with van der Waals surface area (Å²) in [6, 6.07) is 0. The monoisotopic (exact) mass is 115 g/mol. The third kappa shape index (κ3) is 2.09. The van der Waals surface area contributed by atoms with Gasteiger partial charge in [-0.05, 0) is 12.5 Å². The largest absolute Gasteiger partial charge is 0.352 e. The Kier molecular flexibility index (Phi) is 3.48. The van der Waals surface area contributed by atoms with E-state index < -0.39 is 0 Å².